The molecule has 1 aromatic carbocycles. The summed E-state index contributed by atoms with van der Waals surface area (Å²) in [4.78, 5) is 13.6. The first kappa shape index (κ1) is 16.5. The van der Waals surface area contributed by atoms with Gasteiger partial charge in [-0.3, -0.25) is 0 Å². The number of ether oxygens (including phenoxy) is 1. The maximum Gasteiger partial charge on any atom is 0.317 e. The van der Waals surface area contributed by atoms with E-state index in [1.54, 1.807) is 17.0 Å². The molecule has 0 spiro atoms. The number of halogens is 1. The number of carbonyl (C=O) groups excluding carboxylic acids is 1. The van der Waals surface area contributed by atoms with Crippen molar-refractivity contribution in [3.63, 3.8) is 0 Å². The lowest BCUT2D eigenvalue weighted by molar-refractivity contribution is 0.198. The average Bonchev–Trinajstić information content (AvgIpc) is 3.01. The highest BCUT2D eigenvalue weighted by Gasteiger charge is 2.25. The Bertz CT molecular complexity index is 467. The number of unbranched alkanes of at least 4 members (excludes halogenated alkanes) is 1. The lowest BCUT2D eigenvalue weighted by atomic mass is 10.1. The first-order valence-electron chi connectivity index (χ1n) is 7.71. The molecule has 1 atom stereocenters. The van der Waals surface area contributed by atoms with Gasteiger partial charge in [0.25, 0.3) is 0 Å². The molecule has 0 aromatic heterocycles. The molecule has 5 nitrogen and oxygen atoms in total. The zero-order chi connectivity index (χ0) is 15.8. The molecule has 122 valence electrons. The summed E-state index contributed by atoms with van der Waals surface area (Å²) in [6, 6.07) is 5.87. The predicted molar refractivity (Wildman–Crippen MR) is 81.3 cm³/mol. The van der Waals surface area contributed by atoms with Gasteiger partial charge in [0.05, 0.1) is 6.61 Å². The van der Waals surface area contributed by atoms with Gasteiger partial charge in [0, 0.05) is 32.2 Å². The van der Waals surface area contributed by atoms with Gasteiger partial charge in [-0.15, -0.1) is 0 Å². The van der Waals surface area contributed by atoms with E-state index in [4.69, 9.17) is 9.84 Å². The van der Waals surface area contributed by atoms with Gasteiger partial charge in [-0.1, -0.05) is 0 Å². The molecular weight excluding hydrogens is 287 g/mol. The number of nitrogens with one attached hydrogen (secondary N) is 1. The molecular formula is C16H23FN2O3. The Morgan fingerprint density at radius 3 is 2.82 bits per heavy atom. The largest absolute Gasteiger partial charge is 0.494 e. The summed E-state index contributed by atoms with van der Waals surface area (Å²) in [5.41, 5.74) is 0. The Labute approximate surface area is 130 Å². The zero-order valence-electron chi connectivity index (χ0n) is 12.6. The quantitative estimate of drug-likeness (QED) is 0.757. The number of likely N-dealkylation sites (tertiary alicyclic amines) is 1. The van der Waals surface area contributed by atoms with Crippen molar-refractivity contribution >= 4 is 6.03 Å². The van der Waals surface area contributed by atoms with Crippen molar-refractivity contribution in [2.45, 2.75) is 19.3 Å². The minimum atomic E-state index is -0.277. The normalized spacial score (nSPS) is 17.5. The second kappa shape index (κ2) is 8.58. The summed E-state index contributed by atoms with van der Waals surface area (Å²) in [5.74, 6) is 0.591. The van der Waals surface area contributed by atoms with Crippen LogP contribution in [-0.4, -0.2) is 48.9 Å². The van der Waals surface area contributed by atoms with Crippen LogP contribution in [0, 0.1) is 11.7 Å². The second-order valence-electron chi connectivity index (χ2n) is 5.52. The van der Waals surface area contributed by atoms with E-state index in [1.165, 1.54) is 12.1 Å². The number of carbonyl (C=O) groups is 1. The Morgan fingerprint density at radius 2 is 2.14 bits per heavy atom. The van der Waals surface area contributed by atoms with E-state index in [2.05, 4.69) is 5.32 Å². The molecule has 1 aromatic rings. The number of aliphatic hydroxyl groups excluding tert-OH is 1. The van der Waals surface area contributed by atoms with E-state index in [0.29, 0.717) is 32.0 Å². The number of amides is 2. The standard InChI is InChI=1S/C16H23FN2O3/c17-14-3-5-15(6-4-14)22-10-2-1-8-18-16(21)19-9-7-13(11-19)12-20/h3-6,13,20H,1-2,7-12H2,(H,18,21). The number of aliphatic hydroxyl groups is 1. The van der Waals surface area contributed by atoms with Crippen molar-refractivity contribution in [2.24, 2.45) is 5.92 Å². The number of benzene rings is 1. The van der Waals surface area contributed by atoms with E-state index in [1.807, 2.05) is 0 Å². The van der Waals surface area contributed by atoms with E-state index >= 15 is 0 Å². The summed E-state index contributed by atoms with van der Waals surface area (Å²) in [7, 11) is 0. The van der Waals surface area contributed by atoms with Gasteiger partial charge in [-0.2, -0.15) is 0 Å². The number of rotatable bonds is 7. The minimum absolute atomic E-state index is 0.0598. The molecule has 1 aliphatic heterocycles. The van der Waals surface area contributed by atoms with Crippen LogP contribution in [0.1, 0.15) is 19.3 Å². The van der Waals surface area contributed by atoms with Gasteiger partial charge in [-0.25, -0.2) is 9.18 Å². The van der Waals surface area contributed by atoms with Crippen molar-refractivity contribution in [3.8, 4) is 5.75 Å². The molecule has 1 unspecified atom stereocenters. The number of urea groups is 1. The van der Waals surface area contributed by atoms with Crippen molar-refractivity contribution in [1.29, 1.82) is 0 Å². The summed E-state index contributed by atoms with van der Waals surface area (Å²) in [6.07, 6.45) is 2.51. The van der Waals surface area contributed by atoms with Crippen LogP contribution in [0.15, 0.2) is 24.3 Å². The first-order chi connectivity index (χ1) is 10.7. The maximum absolute atomic E-state index is 12.7. The van der Waals surface area contributed by atoms with Crippen molar-refractivity contribution in [3.05, 3.63) is 30.1 Å². The molecule has 0 aliphatic carbocycles. The predicted octanol–water partition coefficient (Wildman–Crippen LogP) is 2.01. The fourth-order valence-electron chi connectivity index (χ4n) is 2.42. The Morgan fingerprint density at radius 1 is 1.36 bits per heavy atom. The lowest BCUT2D eigenvalue weighted by Gasteiger charge is -2.17. The first-order valence-corrected chi connectivity index (χ1v) is 7.71. The van der Waals surface area contributed by atoms with Gasteiger partial charge < -0.3 is 20.1 Å². The number of hydrogen-bond donors (Lipinski definition) is 2. The highest BCUT2D eigenvalue weighted by Crippen LogP contribution is 2.15. The Hall–Kier alpha value is -1.82. The van der Waals surface area contributed by atoms with Crippen LogP contribution in [0.3, 0.4) is 0 Å². The fourth-order valence-corrected chi connectivity index (χ4v) is 2.42. The molecule has 0 bridgehead atoms. The van der Waals surface area contributed by atoms with Gasteiger partial charge in [0.15, 0.2) is 0 Å². The lowest BCUT2D eigenvalue weighted by Crippen LogP contribution is -2.39. The van der Waals surface area contributed by atoms with Crippen LogP contribution >= 0.6 is 0 Å². The Balaban J connectivity index is 1.52. The molecule has 22 heavy (non-hydrogen) atoms. The van der Waals surface area contributed by atoms with E-state index in [0.717, 1.165) is 19.3 Å². The van der Waals surface area contributed by atoms with E-state index in [9.17, 15) is 9.18 Å². The summed E-state index contributed by atoms with van der Waals surface area (Å²) >= 11 is 0. The van der Waals surface area contributed by atoms with Crippen molar-refractivity contribution in [1.82, 2.24) is 10.2 Å². The van der Waals surface area contributed by atoms with Crippen LogP contribution in [0.25, 0.3) is 0 Å². The van der Waals surface area contributed by atoms with Crippen LogP contribution in [0.5, 0.6) is 5.75 Å². The average molecular weight is 310 g/mol. The monoisotopic (exact) mass is 310 g/mol. The molecule has 1 fully saturated rings. The fraction of sp³-hybridized carbons (Fsp3) is 0.562. The third-order valence-corrected chi connectivity index (χ3v) is 3.76. The SMILES string of the molecule is O=C(NCCCCOc1ccc(F)cc1)N1CCC(CO)C1. The number of nitrogens with zero attached hydrogens (tertiary/aromatic N) is 1. The third kappa shape index (κ3) is 5.18. The summed E-state index contributed by atoms with van der Waals surface area (Å²) < 4.78 is 18.2. The van der Waals surface area contributed by atoms with Crippen LogP contribution in [0.4, 0.5) is 9.18 Å². The van der Waals surface area contributed by atoms with Crippen molar-refractivity contribution in [2.75, 3.05) is 32.8 Å². The number of hydrogen-bond acceptors (Lipinski definition) is 3. The molecule has 2 rings (SSSR count). The van der Waals surface area contributed by atoms with Crippen molar-refractivity contribution < 1.29 is 19.0 Å². The Kier molecular flexibility index (Phi) is 6.45. The maximum atomic E-state index is 12.7. The molecule has 1 aliphatic rings. The zero-order valence-corrected chi connectivity index (χ0v) is 12.6. The highest BCUT2D eigenvalue weighted by molar-refractivity contribution is 5.74. The van der Waals surface area contributed by atoms with Crippen LogP contribution in [-0.2, 0) is 0 Å². The van der Waals surface area contributed by atoms with E-state index < -0.39 is 0 Å². The van der Waals surface area contributed by atoms with Gasteiger partial charge >= 0.3 is 6.03 Å². The molecule has 2 N–H and O–H groups in total. The van der Waals surface area contributed by atoms with Gasteiger partial charge in [-0.05, 0) is 43.5 Å². The van der Waals surface area contributed by atoms with Crippen LogP contribution < -0.4 is 10.1 Å². The summed E-state index contributed by atoms with van der Waals surface area (Å²) in [6.45, 7) is 2.63. The summed E-state index contributed by atoms with van der Waals surface area (Å²) in [5, 5.41) is 11.9. The molecule has 6 heteroatoms. The molecule has 1 heterocycles. The highest BCUT2D eigenvalue weighted by atomic mass is 19.1. The van der Waals surface area contributed by atoms with E-state index in [-0.39, 0.29) is 24.4 Å². The molecule has 2 amide bonds. The van der Waals surface area contributed by atoms with Gasteiger partial charge in [0.2, 0.25) is 0 Å². The molecule has 0 radical (unpaired) electrons. The smallest absolute Gasteiger partial charge is 0.317 e. The van der Waals surface area contributed by atoms with Gasteiger partial charge in [0.1, 0.15) is 11.6 Å². The minimum Gasteiger partial charge on any atom is -0.494 e. The third-order valence-electron chi connectivity index (χ3n) is 3.76. The molecule has 1 saturated heterocycles. The topological polar surface area (TPSA) is 61.8 Å². The second-order valence-corrected chi connectivity index (χ2v) is 5.52. The molecule has 0 saturated carbocycles. The van der Waals surface area contributed by atoms with Crippen LogP contribution in [0.2, 0.25) is 0 Å².